The predicted molar refractivity (Wildman–Crippen MR) is 89.9 cm³/mol. The van der Waals surface area contributed by atoms with E-state index in [1.54, 1.807) is 0 Å². The molecule has 0 radical (unpaired) electrons. The molecule has 2 aromatic rings. The van der Waals surface area contributed by atoms with Crippen LogP contribution in [0.5, 0.6) is 0 Å². The highest BCUT2D eigenvalue weighted by Gasteiger charge is 2.20. The Kier molecular flexibility index (Phi) is 5.70. The van der Waals surface area contributed by atoms with E-state index in [4.69, 9.17) is 0 Å². The number of hydrogen-bond acceptors (Lipinski definition) is 3. The van der Waals surface area contributed by atoms with E-state index in [-0.39, 0.29) is 6.04 Å². The number of anilines is 1. The molecule has 1 aromatic carbocycles. The molecule has 128 valence electrons. The van der Waals surface area contributed by atoms with Crippen molar-refractivity contribution in [2.24, 2.45) is 7.05 Å². The first kappa shape index (κ1) is 17.7. The van der Waals surface area contributed by atoms with Gasteiger partial charge in [-0.15, -0.1) is 0 Å². The van der Waals surface area contributed by atoms with Crippen LogP contribution in [0.4, 0.5) is 10.1 Å². The van der Waals surface area contributed by atoms with Crippen LogP contribution < -0.4 is 10.6 Å². The summed E-state index contributed by atoms with van der Waals surface area (Å²) in [6.07, 6.45) is 1.93. The number of carbonyl (C=O) groups excluding carboxylic acids is 2. The molecule has 2 amide bonds. The van der Waals surface area contributed by atoms with E-state index in [0.29, 0.717) is 12.2 Å². The number of nitrogens with one attached hydrogen (secondary N) is 2. The Morgan fingerprint density at radius 2 is 1.83 bits per heavy atom. The van der Waals surface area contributed by atoms with E-state index in [1.165, 1.54) is 24.3 Å². The number of aryl methyl sites for hydroxylation is 1. The van der Waals surface area contributed by atoms with Gasteiger partial charge in [-0.25, -0.2) is 4.39 Å². The molecule has 24 heavy (non-hydrogen) atoms. The highest BCUT2D eigenvalue weighted by Crippen LogP contribution is 2.17. The van der Waals surface area contributed by atoms with Gasteiger partial charge in [0.15, 0.2) is 0 Å². The topological polar surface area (TPSA) is 66.4 Å². The maximum Gasteiger partial charge on any atom is 0.313 e. The molecule has 0 aliphatic carbocycles. The number of halogens is 1. The van der Waals surface area contributed by atoms with Crippen molar-refractivity contribution < 1.29 is 14.0 Å². The number of aromatic nitrogens is 1. The number of amides is 2. The number of nitrogens with zero attached hydrogens (tertiary/aromatic N) is 2. The van der Waals surface area contributed by atoms with Gasteiger partial charge in [0.05, 0.1) is 6.04 Å². The molecule has 0 spiro atoms. The van der Waals surface area contributed by atoms with Crippen LogP contribution in [-0.2, 0) is 16.6 Å². The van der Waals surface area contributed by atoms with E-state index in [9.17, 15) is 14.0 Å². The van der Waals surface area contributed by atoms with Crippen LogP contribution in [-0.4, -0.2) is 41.9 Å². The summed E-state index contributed by atoms with van der Waals surface area (Å²) in [5.74, 6) is -1.93. The minimum atomic E-state index is -0.786. The average molecular weight is 332 g/mol. The number of hydrogen-bond donors (Lipinski definition) is 2. The van der Waals surface area contributed by atoms with Crippen LogP contribution in [0.1, 0.15) is 11.7 Å². The van der Waals surface area contributed by atoms with Gasteiger partial charge in [-0.2, -0.15) is 0 Å². The molecule has 1 heterocycles. The van der Waals surface area contributed by atoms with Crippen molar-refractivity contribution >= 4 is 17.5 Å². The van der Waals surface area contributed by atoms with E-state index in [1.807, 2.05) is 48.9 Å². The lowest BCUT2D eigenvalue weighted by molar-refractivity contribution is -0.136. The first-order valence-corrected chi connectivity index (χ1v) is 7.51. The SMILES string of the molecule is CN(C)C(CNC(=O)C(=O)Nc1ccc(F)cc1)c1cccn1C. The quantitative estimate of drug-likeness (QED) is 0.816. The number of carbonyl (C=O) groups is 2. The van der Waals surface area contributed by atoms with Crippen LogP contribution in [0.3, 0.4) is 0 Å². The van der Waals surface area contributed by atoms with Crippen molar-refractivity contribution in [3.05, 3.63) is 54.1 Å². The van der Waals surface area contributed by atoms with Crippen LogP contribution in [0, 0.1) is 5.82 Å². The molecule has 1 aromatic heterocycles. The first-order chi connectivity index (χ1) is 11.4. The molecule has 0 bridgehead atoms. The molecule has 6 nitrogen and oxygen atoms in total. The van der Waals surface area contributed by atoms with Crippen molar-refractivity contribution in [3.8, 4) is 0 Å². The molecule has 1 unspecified atom stereocenters. The van der Waals surface area contributed by atoms with Gasteiger partial charge in [0.25, 0.3) is 0 Å². The summed E-state index contributed by atoms with van der Waals surface area (Å²) >= 11 is 0. The Labute approximate surface area is 140 Å². The Morgan fingerprint density at radius 1 is 1.17 bits per heavy atom. The Balaban J connectivity index is 1.94. The predicted octanol–water partition coefficient (Wildman–Crippen LogP) is 1.52. The third-order valence-electron chi connectivity index (χ3n) is 3.71. The monoisotopic (exact) mass is 332 g/mol. The summed E-state index contributed by atoms with van der Waals surface area (Å²) in [4.78, 5) is 25.8. The highest BCUT2D eigenvalue weighted by atomic mass is 19.1. The molecule has 2 N–H and O–H groups in total. The molecule has 7 heteroatoms. The standard InChI is InChI=1S/C17H21FN4O2/c1-21(2)15(14-5-4-10-22(14)3)11-19-16(23)17(24)20-13-8-6-12(18)7-9-13/h4-10,15H,11H2,1-3H3,(H,19,23)(H,20,24). The van der Waals surface area contributed by atoms with Gasteiger partial charge in [0.1, 0.15) is 5.82 Å². The maximum atomic E-state index is 12.8. The van der Waals surface area contributed by atoms with Gasteiger partial charge in [-0.1, -0.05) is 0 Å². The zero-order chi connectivity index (χ0) is 17.7. The Bertz CT molecular complexity index is 710. The van der Waals surface area contributed by atoms with E-state index in [0.717, 1.165) is 5.69 Å². The smallest absolute Gasteiger partial charge is 0.313 e. The van der Waals surface area contributed by atoms with Gasteiger partial charge in [0.2, 0.25) is 0 Å². The molecule has 1 atom stereocenters. The van der Waals surface area contributed by atoms with Crippen LogP contribution in [0.25, 0.3) is 0 Å². The van der Waals surface area contributed by atoms with Gasteiger partial charge in [-0.3, -0.25) is 14.5 Å². The summed E-state index contributed by atoms with van der Waals surface area (Å²) < 4.78 is 14.8. The molecular weight excluding hydrogens is 311 g/mol. The zero-order valence-electron chi connectivity index (χ0n) is 13.9. The molecule has 0 fully saturated rings. The average Bonchev–Trinajstić information content (AvgIpc) is 2.95. The van der Waals surface area contributed by atoms with Gasteiger partial charge in [-0.05, 0) is 50.5 Å². The highest BCUT2D eigenvalue weighted by molar-refractivity contribution is 6.39. The van der Waals surface area contributed by atoms with Crippen molar-refractivity contribution in [3.63, 3.8) is 0 Å². The van der Waals surface area contributed by atoms with Crippen LogP contribution in [0.15, 0.2) is 42.6 Å². The lowest BCUT2D eigenvalue weighted by atomic mass is 10.2. The first-order valence-electron chi connectivity index (χ1n) is 7.51. The van der Waals surface area contributed by atoms with Crippen LogP contribution >= 0.6 is 0 Å². The molecule has 2 rings (SSSR count). The zero-order valence-corrected chi connectivity index (χ0v) is 13.9. The molecule has 0 aliphatic heterocycles. The molecule has 0 saturated carbocycles. The largest absolute Gasteiger partial charge is 0.353 e. The lowest BCUT2D eigenvalue weighted by Gasteiger charge is -2.25. The van der Waals surface area contributed by atoms with E-state index < -0.39 is 17.6 Å². The fraction of sp³-hybridized carbons (Fsp3) is 0.294. The normalized spacial score (nSPS) is 12.0. The van der Waals surface area contributed by atoms with Gasteiger partial charge < -0.3 is 15.2 Å². The summed E-state index contributed by atoms with van der Waals surface area (Å²) in [5, 5.41) is 5.06. The summed E-state index contributed by atoms with van der Waals surface area (Å²) in [5.41, 5.74) is 1.39. The fourth-order valence-corrected chi connectivity index (χ4v) is 2.36. The number of likely N-dealkylation sites (N-methyl/N-ethyl adjacent to an activating group) is 1. The third-order valence-corrected chi connectivity index (χ3v) is 3.71. The van der Waals surface area contributed by atoms with Crippen molar-refractivity contribution in [1.82, 2.24) is 14.8 Å². The second-order valence-electron chi connectivity index (χ2n) is 5.69. The lowest BCUT2D eigenvalue weighted by Crippen LogP contribution is -2.40. The summed E-state index contributed by atoms with van der Waals surface area (Å²) in [6.45, 7) is 0.292. The Morgan fingerprint density at radius 3 is 2.38 bits per heavy atom. The minimum Gasteiger partial charge on any atom is -0.353 e. The second kappa shape index (κ2) is 7.74. The van der Waals surface area contributed by atoms with Crippen molar-refractivity contribution in [2.45, 2.75) is 6.04 Å². The van der Waals surface area contributed by atoms with Gasteiger partial charge in [0, 0.05) is 31.2 Å². The van der Waals surface area contributed by atoms with E-state index in [2.05, 4.69) is 10.6 Å². The number of rotatable bonds is 5. The second-order valence-corrected chi connectivity index (χ2v) is 5.69. The minimum absolute atomic E-state index is 0.0624. The van der Waals surface area contributed by atoms with Crippen LogP contribution in [0.2, 0.25) is 0 Å². The maximum absolute atomic E-state index is 12.8. The fourth-order valence-electron chi connectivity index (χ4n) is 2.36. The molecular formula is C17H21FN4O2. The summed E-state index contributed by atoms with van der Waals surface area (Å²) in [6, 6.07) is 9.05. The summed E-state index contributed by atoms with van der Waals surface area (Å²) in [7, 11) is 5.74. The Hall–Kier alpha value is -2.67. The van der Waals surface area contributed by atoms with Gasteiger partial charge >= 0.3 is 11.8 Å². The third kappa shape index (κ3) is 4.42. The molecule has 0 saturated heterocycles. The van der Waals surface area contributed by atoms with E-state index >= 15 is 0 Å². The number of benzene rings is 1. The van der Waals surface area contributed by atoms with Crippen molar-refractivity contribution in [1.29, 1.82) is 0 Å². The van der Waals surface area contributed by atoms with Crippen molar-refractivity contribution in [2.75, 3.05) is 26.0 Å². The molecule has 0 aliphatic rings.